The number of rotatable bonds is 3. The summed E-state index contributed by atoms with van der Waals surface area (Å²) in [5.74, 6) is 0. The largest absolute Gasteiger partial charge is 0.389 e. The Kier molecular flexibility index (Phi) is 3.83. The van der Waals surface area contributed by atoms with Crippen molar-refractivity contribution in [2.75, 3.05) is 13.1 Å². The first kappa shape index (κ1) is 14.3. The van der Waals surface area contributed by atoms with Crippen LogP contribution >= 0.6 is 12.2 Å². The number of sulfonamides is 1. The zero-order valence-electron chi connectivity index (χ0n) is 9.80. The second-order valence-corrected chi connectivity index (χ2v) is 6.52. The second-order valence-electron chi connectivity index (χ2n) is 4.17. The maximum Gasteiger partial charge on any atom is 0.245 e. The van der Waals surface area contributed by atoms with E-state index in [9.17, 15) is 18.6 Å². The van der Waals surface area contributed by atoms with Crippen molar-refractivity contribution < 1.29 is 18.6 Å². The molecular formula is C10H13N3O4S2. The van der Waals surface area contributed by atoms with E-state index in [1.807, 2.05) is 0 Å². The van der Waals surface area contributed by atoms with Crippen molar-refractivity contribution in [2.45, 2.75) is 17.1 Å². The van der Waals surface area contributed by atoms with Gasteiger partial charge in [-0.25, -0.2) is 8.42 Å². The lowest BCUT2D eigenvalue weighted by Gasteiger charge is -2.17. The maximum atomic E-state index is 12.4. The monoisotopic (exact) mass is 303 g/mol. The van der Waals surface area contributed by atoms with Gasteiger partial charge in [0.1, 0.15) is 15.6 Å². The van der Waals surface area contributed by atoms with Crippen molar-refractivity contribution >= 4 is 27.2 Å². The highest BCUT2D eigenvalue weighted by molar-refractivity contribution is 7.89. The molecule has 2 atom stereocenters. The number of β-amino-alcohol motifs (C(OH)–C–C–N with tert-alkyl or cyclic N) is 2. The molecule has 0 aromatic carbocycles. The van der Waals surface area contributed by atoms with Gasteiger partial charge in [-0.15, -0.1) is 0 Å². The van der Waals surface area contributed by atoms with E-state index in [2.05, 4.69) is 4.98 Å². The van der Waals surface area contributed by atoms with Crippen LogP contribution in [0.15, 0.2) is 23.2 Å². The van der Waals surface area contributed by atoms with Gasteiger partial charge in [-0.05, 0) is 12.1 Å². The van der Waals surface area contributed by atoms with Gasteiger partial charge in [0.05, 0.1) is 12.2 Å². The second kappa shape index (κ2) is 5.10. The van der Waals surface area contributed by atoms with Crippen LogP contribution in [0.4, 0.5) is 0 Å². The molecule has 1 fully saturated rings. The molecule has 19 heavy (non-hydrogen) atoms. The molecule has 0 radical (unpaired) electrons. The van der Waals surface area contributed by atoms with E-state index < -0.39 is 22.2 Å². The molecule has 7 nitrogen and oxygen atoms in total. The summed E-state index contributed by atoms with van der Waals surface area (Å²) in [5.41, 5.74) is 5.46. The van der Waals surface area contributed by atoms with Crippen LogP contribution in [0.2, 0.25) is 0 Å². The fourth-order valence-electron chi connectivity index (χ4n) is 1.85. The molecular weight excluding hydrogens is 290 g/mol. The van der Waals surface area contributed by atoms with Gasteiger partial charge in [0.25, 0.3) is 0 Å². The number of aliphatic hydroxyl groups excluding tert-OH is 2. The number of hydrogen-bond acceptors (Lipinski definition) is 6. The third kappa shape index (κ3) is 2.60. The van der Waals surface area contributed by atoms with Gasteiger partial charge >= 0.3 is 0 Å². The summed E-state index contributed by atoms with van der Waals surface area (Å²) in [5, 5.41) is 18.9. The van der Waals surface area contributed by atoms with Crippen molar-refractivity contribution in [3.63, 3.8) is 0 Å². The Labute approximate surface area is 115 Å². The Morgan fingerprint density at radius 3 is 2.53 bits per heavy atom. The Hall–Kier alpha value is -1.13. The predicted octanol–water partition coefficient (Wildman–Crippen LogP) is -1.56. The van der Waals surface area contributed by atoms with Crippen LogP contribution in [0.25, 0.3) is 0 Å². The molecule has 1 saturated heterocycles. The Morgan fingerprint density at radius 1 is 1.42 bits per heavy atom. The summed E-state index contributed by atoms with van der Waals surface area (Å²) in [7, 11) is -3.90. The van der Waals surface area contributed by atoms with Gasteiger partial charge in [-0.2, -0.15) is 4.31 Å². The number of aromatic nitrogens is 1. The summed E-state index contributed by atoms with van der Waals surface area (Å²) >= 11 is 4.77. The quantitative estimate of drug-likeness (QED) is 0.578. The third-order valence-electron chi connectivity index (χ3n) is 2.85. The van der Waals surface area contributed by atoms with Gasteiger partial charge in [0.2, 0.25) is 10.0 Å². The number of nitrogens with two attached hydrogens (primary N) is 1. The van der Waals surface area contributed by atoms with E-state index in [0.29, 0.717) is 0 Å². The SMILES string of the molecule is NC(=S)c1ncccc1S(=O)(=O)N1CC(O)C(O)C1. The molecule has 104 valence electrons. The highest BCUT2D eigenvalue weighted by atomic mass is 32.2. The molecule has 9 heteroatoms. The van der Waals surface area contributed by atoms with E-state index in [0.717, 1.165) is 4.31 Å². The first-order valence-corrected chi connectivity index (χ1v) is 7.30. The van der Waals surface area contributed by atoms with E-state index in [1.165, 1.54) is 18.3 Å². The maximum absolute atomic E-state index is 12.4. The van der Waals surface area contributed by atoms with Gasteiger partial charge in [-0.3, -0.25) is 4.98 Å². The van der Waals surface area contributed by atoms with E-state index in [-0.39, 0.29) is 28.7 Å². The molecule has 2 unspecified atom stereocenters. The van der Waals surface area contributed by atoms with E-state index >= 15 is 0 Å². The molecule has 1 aromatic rings. The molecule has 0 aliphatic carbocycles. The molecule has 2 rings (SSSR count). The van der Waals surface area contributed by atoms with Gasteiger partial charge in [-0.1, -0.05) is 12.2 Å². The Morgan fingerprint density at radius 2 is 2.00 bits per heavy atom. The van der Waals surface area contributed by atoms with Crippen LogP contribution in [0.1, 0.15) is 5.69 Å². The topological polar surface area (TPSA) is 117 Å². The molecule has 1 aromatic heterocycles. The van der Waals surface area contributed by atoms with Gasteiger partial charge in [0.15, 0.2) is 0 Å². The minimum atomic E-state index is -3.90. The minimum Gasteiger partial charge on any atom is -0.389 e. The predicted molar refractivity (Wildman–Crippen MR) is 70.9 cm³/mol. The van der Waals surface area contributed by atoms with Crippen LogP contribution in [0.3, 0.4) is 0 Å². The summed E-state index contributed by atoms with van der Waals surface area (Å²) in [6.45, 7) is -0.343. The molecule has 0 bridgehead atoms. The van der Waals surface area contributed by atoms with Crippen molar-refractivity contribution in [1.29, 1.82) is 0 Å². The standard InChI is InChI=1S/C10H13N3O4S2/c11-10(18)9-8(2-1-3-12-9)19(16,17)13-4-6(14)7(15)5-13/h1-3,6-7,14-15H,4-5H2,(H2,11,18). The highest BCUT2D eigenvalue weighted by Gasteiger charge is 2.38. The lowest BCUT2D eigenvalue weighted by molar-refractivity contribution is 0.0572. The summed E-state index contributed by atoms with van der Waals surface area (Å²) < 4.78 is 25.8. The third-order valence-corrected chi connectivity index (χ3v) is 4.90. The molecule has 0 amide bonds. The highest BCUT2D eigenvalue weighted by Crippen LogP contribution is 2.23. The average Bonchev–Trinajstić information content (AvgIpc) is 2.70. The fourth-order valence-corrected chi connectivity index (χ4v) is 3.72. The molecule has 2 heterocycles. The van der Waals surface area contributed by atoms with Crippen molar-refractivity contribution in [1.82, 2.24) is 9.29 Å². The average molecular weight is 303 g/mol. The first-order valence-electron chi connectivity index (χ1n) is 5.45. The van der Waals surface area contributed by atoms with Crippen LogP contribution in [0.5, 0.6) is 0 Å². The summed E-state index contributed by atoms with van der Waals surface area (Å²) in [6.07, 6.45) is -0.805. The number of thiocarbonyl (C=S) groups is 1. The summed E-state index contributed by atoms with van der Waals surface area (Å²) in [4.78, 5) is 3.61. The number of nitrogens with zero attached hydrogens (tertiary/aromatic N) is 2. The van der Waals surface area contributed by atoms with E-state index in [4.69, 9.17) is 18.0 Å². The van der Waals surface area contributed by atoms with Crippen molar-refractivity contribution in [2.24, 2.45) is 5.73 Å². The van der Waals surface area contributed by atoms with E-state index in [1.54, 1.807) is 0 Å². The fraction of sp³-hybridized carbons (Fsp3) is 0.400. The number of aliphatic hydroxyl groups is 2. The van der Waals surface area contributed by atoms with Gasteiger partial charge < -0.3 is 15.9 Å². The Bertz CT molecular complexity index is 595. The molecule has 0 spiro atoms. The zero-order chi connectivity index (χ0) is 14.2. The number of pyridine rings is 1. The van der Waals surface area contributed by atoms with Crippen LogP contribution < -0.4 is 5.73 Å². The van der Waals surface area contributed by atoms with Crippen LogP contribution in [0, 0.1) is 0 Å². The lowest BCUT2D eigenvalue weighted by Crippen LogP contribution is -2.32. The Balaban J connectivity index is 2.44. The minimum absolute atomic E-state index is 0.00776. The molecule has 1 aliphatic heterocycles. The van der Waals surface area contributed by atoms with Crippen molar-refractivity contribution in [3.05, 3.63) is 24.0 Å². The summed E-state index contributed by atoms with van der Waals surface area (Å²) in [6, 6.07) is 2.80. The van der Waals surface area contributed by atoms with Crippen LogP contribution in [-0.4, -0.2) is 58.2 Å². The zero-order valence-corrected chi connectivity index (χ0v) is 11.4. The molecule has 1 aliphatic rings. The van der Waals surface area contributed by atoms with Crippen LogP contribution in [-0.2, 0) is 10.0 Å². The lowest BCUT2D eigenvalue weighted by atomic mass is 10.3. The molecule has 0 saturated carbocycles. The van der Waals surface area contributed by atoms with Gasteiger partial charge in [0, 0.05) is 19.3 Å². The molecule has 4 N–H and O–H groups in total. The smallest absolute Gasteiger partial charge is 0.245 e. The number of hydrogen-bond donors (Lipinski definition) is 3. The van der Waals surface area contributed by atoms with Crippen molar-refractivity contribution in [3.8, 4) is 0 Å². The normalized spacial score (nSPS) is 24.5. The first-order chi connectivity index (χ1) is 8.84.